The molecule has 4 heteroatoms. The van der Waals surface area contributed by atoms with Crippen molar-refractivity contribution >= 4 is 15.9 Å². The Bertz CT molecular complexity index is 312. The fraction of sp³-hybridized carbons (Fsp3) is 0.444. The number of ether oxygens (including phenoxy) is 2. The molecule has 0 bridgehead atoms. The number of aryl methyl sites for hydroxylation is 1. The predicted molar refractivity (Wildman–Crippen MR) is 51.9 cm³/mol. The fourth-order valence-corrected chi connectivity index (χ4v) is 1.26. The van der Waals surface area contributed by atoms with E-state index in [9.17, 15) is 0 Å². The van der Waals surface area contributed by atoms with Crippen molar-refractivity contribution < 1.29 is 9.47 Å². The Morgan fingerprint density at radius 1 is 1.54 bits per heavy atom. The van der Waals surface area contributed by atoms with E-state index in [0.717, 1.165) is 10.2 Å². The first-order chi connectivity index (χ1) is 6.25. The molecule has 0 unspecified atom stereocenters. The van der Waals surface area contributed by atoms with Crippen molar-refractivity contribution in [1.29, 1.82) is 0 Å². The van der Waals surface area contributed by atoms with E-state index in [1.165, 1.54) is 0 Å². The van der Waals surface area contributed by atoms with Gasteiger partial charge in [-0.1, -0.05) is 0 Å². The summed E-state index contributed by atoms with van der Waals surface area (Å²) >= 11 is 3.38. The standard InChI is InChI=1S/C9H10BrNO2/c1-6-8(10)2-3-9(11-6)13-7-4-12-5-7/h2-3,7H,4-5H2,1H3. The first-order valence-corrected chi connectivity index (χ1v) is 4.92. The highest BCUT2D eigenvalue weighted by molar-refractivity contribution is 9.10. The zero-order valence-corrected chi connectivity index (χ0v) is 8.87. The van der Waals surface area contributed by atoms with E-state index in [-0.39, 0.29) is 6.10 Å². The molecule has 0 N–H and O–H groups in total. The Morgan fingerprint density at radius 2 is 2.31 bits per heavy atom. The quantitative estimate of drug-likeness (QED) is 0.796. The molecular formula is C9H10BrNO2. The molecule has 13 heavy (non-hydrogen) atoms. The van der Waals surface area contributed by atoms with Gasteiger partial charge in [0.15, 0.2) is 0 Å². The van der Waals surface area contributed by atoms with Gasteiger partial charge in [0, 0.05) is 10.5 Å². The van der Waals surface area contributed by atoms with Gasteiger partial charge in [0.05, 0.1) is 18.9 Å². The van der Waals surface area contributed by atoms with Crippen molar-refractivity contribution in [2.75, 3.05) is 13.2 Å². The Hall–Kier alpha value is -0.610. The average Bonchev–Trinajstić information content (AvgIpc) is 2.04. The van der Waals surface area contributed by atoms with Gasteiger partial charge >= 0.3 is 0 Å². The second-order valence-electron chi connectivity index (χ2n) is 2.99. The van der Waals surface area contributed by atoms with Crippen LogP contribution in [0.15, 0.2) is 16.6 Å². The number of aromatic nitrogens is 1. The van der Waals surface area contributed by atoms with Crippen molar-refractivity contribution in [2.45, 2.75) is 13.0 Å². The molecule has 3 nitrogen and oxygen atoms in total. The molecule has 70 valence electrons. The number of hydrogen-bond acceptors (Lipinski definition) is 3. The minimum Gasteiger partial charge on any atom is -0.469 e. The summed E-state index contributed by atoms with van der Waals surface area (Å²) in [5.41, 5.74) is 0.942. The maximum Gasteiger partial charge on any atom is 0.213 e. The van der Waals surface area contributed by atoms with Crippen LogP contribution in [0.2, 0.25) is 0 Å². The van der Waals surface area contributed by atoms with E-state index in [1.54, 1.807) is 0 Å². The lowest BCUT2D eigenvalue weighted by atomic mass is 10.3. The zero-order valence-electron chi connectivity index (χ0n) is 7.29. The summed E-state index contributed by atoms with van der Waals surface area (Å²) in [7, 11) is 0. The second kappa shape index (κ2) is 3.64. The summed E-state index contributed by atoms with van der Waals surface area (Å²) in [6.07, 6.45) is 0.188. The third-order valence-electron chi connectivity index (χ3n) is 1.89. The molecule has 1 aromatic rings. The molecule has 2 heterocycles. The molecule has 0 spiro atoms. The summed E-state index contributed by atoms with van der Waals surface area (Å²) in [6.45, 7) is 3.29. The molecule has 1 aromatic heterocycles. The number of nitrogens with zero attached hydrogens (tertiary/aromatic N) is 1. The maximum absolute atomic E-state index is 5.53. The van der Waals surface area contributed by atoms with E-state index in [4.69, 9.17) is 9.47 Å². The Kier molecular flexibility index (Phi) is 2.51. The number of halogens is 1. The van der Waals surface area contributed by atoms with Crippen LogP contribution in [0.25, 0.3) is 0 Å². The molecule has 0 atom stereocenters. The van der Waals surface area contributed by atoms with Gasteiger partial charge in [-0.3, -0.25) is 0 Å². The fourth-order valence-electron chi connectivity index (χ4n) is 1.04. The molecule has 0 amide bonds. The lowest BCUT2D eigenvalue weighted by Gasteiger charge is -2.26. The molecule has 1 saturated heterocycles. The Labute approximate surface area is 85.2 Å². The molecule has 1 fully saturated rings. The number of pyridine rings is 1. The molecule has 2 rings (SSSR count). The minimum absolute atomic E-state index is 0.188. The van der Waals surface area contributed by atoms with Crippen LogP contribution < -0.4 is 4.74 Å². The van der Waals surface area contributed by atoms with E-state index >= 15 is 0 Å². The summed E-state index contributed by atoms with van der Waals surface area (Å²) in [6, 6.07) is 3.80. The van der Waals surface area contributed by atoms with Gasteiger partial charge in [0.25, 0.3) is 0 Å². The first-order valence-electron chi connectivity index (χ1n) is 4.13. The summed E-state index contributed by atoms with van der Waals surface area (Å²) in [5.74, 6) is 0.675. The minimum atomic E-state index is 0.188. The van der Waals surface area contributed by atoms with Gasteiger partial charge in [-0.05, 0) is 28.9 Å². The first kappa shape index (κ1) is 8.97. The van der Waals surface area contributed by atoms with E-state index in [1.807, 2.05) is 19.1 Å². The molecule has 1 aliphatic rings. The molecule has 1 aliphatic heterocycles. The molecule has 0 aromatic carbocycles. The summed E-state index contributed by atoms with van der Waals surface area (Å²) < 4.78 is 11.5. The number of hydrogen-bond donors (Lipinski definition) is 0. The molecule has 0 aliphatic carbocycles. The van der Waals surface area contributed by atoms with Crippen molar-refractivity contribution in [3.05, 3.63) is 22.3 Å². The van der Waals surface area contributed by atoms with E-state index in [2.05, 4.69) is 20.9 Å². The number of rotatable bonds is 2. The van der Waals surface area contributed by atoms with Crippen molar-refractivity contribution in [2.24, 2.45) is 0 Å². The van der Waals surface area contributed by atoms with Crippen LogP contribution in [0.4, 0.5) is 0 Å². The van der Waals surface area contributed by atoms with Gasteiger partial charge in [-0.25, -0.2) is 4.98 Å². The smallest absolute Gasteiger partial charge is 0.213 e. The predicted octanol–water partition coefficient (Wildman–Crippen LogP) is 1.93. The third-order valence-corrected chi connectivity index (χ3v) is 2.73. The van der Waals surface area contributed by atoms with Gasteiger partial charge in [-0.2, -0.15) is 0 Å². The normalized spacial score (nSPS) is 16.8. The van der Waals surface area contributed by atoms with Crippen LogP contribution in [0.5, 0.6) is 5.88 Å². The van der Waals surface area contributed by atoms with Crippen molar-refractivity contribution in [3.63, 3.8) is 0 Å². The van der Waals surface area contributed by atoms with Gasteiger partial charge in [0.2, 0.25) is 5.88 Å². The van der Waals surface area contributed by atoms with Crippen LogP contribution in [0.3, 0.4) is 0 Å². The Morgan fingerprint density at radius 3 is 2.85 bits per heavy atom. The average molecular weight is 244 g/mol. The SMILES string of the molecule is Cc1nc(OC2COC2)ccc1Br. The highest BCUT2D eigenvalue weighted by Crippen LogP contribution is 2.19. The van der Waals surface area contributed by atoms with Gasteiger partial charge < -0.3 is 9.47 Å². The Balaban J connectivity index is 2.07. The highest BCUT2D eigenvalue weighted by Gasteiger charge is 2.20. The zero-order chi connectivity index (χ0) is 9.26. The summed E-state index contributed by atoms with van der Waals surface area (Å²) in [5, 5.41) is 0. The topological polar surface area (TPSA) is 31.4 Å². The summed E-state index contributed by atoms with van der Waals surface area (Å²) in [4.78, 5) is 4.27. The van der Waals surface area contributed by atoms with Crippen LogP contribution in [-0.2, 0) is 4.74 Å². The van der Waals surface area contributed by atoms with Crippen LogP contribution >= 0.6 is 15.9 Å². The van der Waals surface area contributed by atoms with Gasteiger partial charge in [-0.15, -0.1) is 0 Å². The monoisotopic (exact) mass is 243 g/mol. The molecule has 0 saturated carbocycles. The lowest BCUT2D eigenvalue weighted by molar-refractivity contribution is -0.0813. The van der Waals surface area contributed by atoms with E-state index in [0.29, 0.717) is 19.1 Å². The van der Waals surface area contributed by atoms with Crippen molar-refractivity contribution in [1.82, 2.24) is 4.98 Å². The van der Waals surface area contributed by atoms with E-state index < -0.39 is 0 Å². The highest BCUT2D eigenvalue weighted by atomic mass is 79.9. The third kappa shape index (κ3) is 2.00. The largest absolute Gasteiger partial charge is 0.469 e. The second-order valence-corrected chi connectivity index (χ2v) is 3.85. The molecule has 0 radical (unpaired) electrons. The van der Waals surface area contributed by atoms with Crippen molar-refractivity contribution in [3.8, 4) is 5.88 Å². The molecular weight excluding hydrogens is 234 g/mol. The maximum atomic E-state index is 5.53. The van der Waals surface area contributed by atoms with Crippen LogP contribution in [-0.4, -0.2) is 24.3 Å². The van der Waals surface area contributed by atoms with Gasteiger partial charge in [0.1, 0.15) is 6.10 Å². The van der Waals surface area contributed by atoms with Crippen LogP contribution in [0.1, 0.15) is 5.69 Å². The van der Waals surface area contributed by atoms with Crippen LogP contribution in [0, 0.1) is 6.92 Å². The lowest BCUT2D eigenvalue weighted by Crippen LogP contribution is -2.38.